The van der Waals surface area contributed by atoms with Crippen LogP contribution in [-0.2, 0) is 21.3 Å². The van der Waals surface area contributed by atoms with E-state index >= 15 is 0 Å². The van der Waals surface area contributed by atoms with E-state index in [1.807, 2.05) is 23.6 Å². The number of rotatable bonds is 7. The van der Waals surface area contributed by atoms with Crippen LogP contribution in [0.5, 0.6) is 0 Å². The molecule has 1 aromatic heterocycles. The highest BCUT2D eigenvalue weighted by atomic mass is 32.2. The predicted molar refractivity (Wildman–Crippen MR) is 80.4 cm³/mol. The van der Waals surface area contributed by atoms with Crippen LogP contribution in [0.4, 0.5) is 5.69 Å². The van der Waals surface area contributed by atoms with Crippen LogP contribution in [0.25, 0.3) is 0 Å². The second-order valence-corrected chi connectivity index (χ2v) is 6.86. The Kier molecular flexibility index (Phi) is 5.11. The van der Waals surface area contributed by atoms with E-state index in [4.69, 9.17) is 4.74 Å². The van der Waals surface area contributed by atoms with Crippen molar-refractivity contribution in [2.45, 2.75) is 6.54 Å². The van der Waals surface area contributed by atoms with Gasteiger partial charge in [0, 0.05) is 12.5 Å². The minimum Gasteiger partial charge on any atom is -0.384 e. The third kappa shape index (κ3) is 3.78. The number of hydrogen-bond acceptors (Lipinski definition) is 5. The zero-order chi connectivity index (χ0) is 14.4. The van der Waals surface area contributed by atoms with E-state index < -0.39 is 10.0 Å². The molecule has 0 aliphatic rings. The summed E-state index contributed by atoms with van der Waals surface area (Å²) in [5.41, 5.74) is 3.07. The van der Waals surface area contributed by atoms with Crippen molar-refractivity contribution in [3.8, 4) is 0 Å². The molecule has 7 heteroatoms. The Morgan fingerprint density at radius 1 is 1.30 bits per heavy atom. The second-order valence-electron chi connectivity index (χ2n) is 4.13. The Balaban J connectivity index is 2.29. The van der Waals surface area contributed by atoms with Gasteiger partial charge in [0.05, 0.1) is 35.8 Å². The third-order valence-electron chi connectivity index (χ3n) is 2.71. The first-order chi connectivity index (χ1) is 9.63. The fourth-order valence-corrected chi connectivity index (χ4v) is 3.63. The highest BCUT2D eigenvalue weighted by molar-refractivity contribution is 7.92. The van der Waals surface area contributed by atoms with Crippen LogP contribution < -0.4 is 4.31 Å². The Labute approximate surface area is 122 Å². The minimum atomic E-state index is -3.44. The second kappa shape index (κ2) is 6.83. The van der Waals surface area contributed by atoms with Crippen LogP contribution in [0, 0.1) is 0 Å². The van der Waals surface area contributed by atoms with Gasteiger partial charge in [-0.25, -0.2) is 13.4 Å². The molecule has 0 bridgehead atoms. The number of hydrogen-bond donors (Lipinski definition) is 0. The van der Waals surface area contributed by atoms with Crippen LogP contribution in [0.15, 0.2) is 41.2 Å². The lowest BCUT2D eigenvalue weighted by atomic mass is 10.3. The maximum atomic E-state index is 12.4. The molecule has 0 radical (unpaired) electrons. The van der Waals surface area contributed by atoms with E-state index in [2.05, 4.69) is 4.98 Å². The lowest BCUT2D eigenvalue weighted by Crippen LogP contribution is -2.34. The molecule has 1 aromatic carbocycles. The first kappa shape index (κ1) is 15.0. The van der Waals surface area contributed by atoms with E-state index in [9.17, 15) is 8.42 Å². The molecule has 108 valence electrons. The number of thiazole rings is 1. The molecule has 2 aromatic rings. The van der Waals surface area contributed by atoms with Crippen molar-refractivity contribution in [1.82, 2.24) is 4.98 Å². The number of methoxy groups -OCH3 is 1. The number of ether oxygens (including phenoxy) is 1. The van der Waals surface area contributed by atoms with Gasteiger partial charge in [-0.05, 0) is 12.1 Å². The number of para-hydroxylation sites is 1. The van der Waals surface area contributed by atoms with Crippen LogP contribution >= 0.6 is 11.3 Å². The van der Waals surface area contributed by atoms with Crippen LogP contribution in [0.3, 0.4) is 0 Å². The molecule has 1 heterocycles. The van der Waals surface area contributed by atoms with E-state index in [-0.39, 0.29) is 18.9 Å². The first-order valence-electron chi connectivity index (χ1n) is 6.05. The molecule has 0 aliphatic heterocycles. The van der Waals surface area contributed by atoms with Crippen LogP contribution in [-0.4, -0.2) is 32.9 Å². The summed E-state index contributed by atoms with van der Waals surface area (Å²) in [6.45, 7) is 0.405. The lowest BCUT2D eigenvalue weighted by molar-refractivity contribution is 0.217. The van der Waals surface area contributed by atoms with Gasteiger partial charge >= 0.3 is 0 Å². The van der Waals surface area contributed by atoms with E-state index in [1.54, 1.807) is 17.6 Å². The zero-order valence-electron chi connectivity index (χ0n) is 11.1. The Bertz CT molecular complexity index is 612. The van der Waals surface area contributed by atoms with Crippen molar-refractivity contribution >= 4 is 27.0 Å². The summed E-state index contributed by atoms with van der Waals surface area (Å²) >= 11 is 1.45. The fraction of sp³-hybridized carbons (Fsp3) is 0.308. The highest BCUT2D eigenvalue weighted by Gasteiger charge is 2.23. The van der Waals surface area contributed by atoms with Crippen molar-refractivity contribution in [3.05, 3.63) is 46.9 Å². The molecule has 0 atom stereocenters. The SMILES string of the molecule is COCCS(=O)(=O)N(Cc1cscn1)c1ccccc1. The molecule has 0 N–H and O–H groups in total. The summed E-state index contributed by atoms with van der Waals surface area (Å²) < 4.78 is 31.1. The summed E-state index contributed by atoms with van der Waals surface area (Å²) in [5.74, 6) is -0.0530. The summed E-state index contributed by atoms with van der Waals surface area (Å²) in [6, 6.07) is 9.03. The molecular weight excluding hydrogens is 296 g/mol. The van der Waals surface area contributed by atoms with Gasteiger partial charge in [-0.1, -0.05) is 18.2 Å². The number of sulfonamides is 1. The van der Waals surface area contributed by atoms with Crippen molar-refractivity contribution in [2.75, 3.05) is 23.8 Å². The molecule has 20 heavy (non-hydrogen) atoms. The molecule has 2 rings (SSSR count). The average molecular weight is 312 g/mol. The van der Waals surface area contributed by atoms with E-state index in [0.717, 1.165) is 5.69 Å². The number of aromatic nitrogens is 1. The molecule has 0 unspecified atom stereocenters. The highest BCUT2D eigenvalue weighted by Crippen LogP contribution is 2.21. The molecule has 0 saturated heterocycles. The summed E-state index contributed by atoms with van der Waals surface area (Å²) in [5, 5.41) is 1.85. The van der Waals surface area contributed by atoms with E-state index in [0.29, 0.717) is 5.69 Å². The molecule has 5 nitrogen and oxygen atoms in total. The molecule has 0 amide bonds. The summed E-state index contributed by atoms with van der Waals surface area (Å²) in [6.07, 6.45) is 0. The van der Waals surface area contributed by atoms with Gasteiger partial charge in [-0.15, -0.1) is 11.3 Å². The van der Waals surface area contributed by atoms with Gasteiger partial charge in [0.15, 0.2) is 0 Å². The number of benzene rings is 1. The minimum absolute atomic E-state index is 0.0530. The normalized spacial score (nSPS) is 11.4. The van der Waals surface area contributed by atoms with Gasteiger partial charge in [0.1, 0.15) is 0 Å². The van der Waals surface area contributed by atoms with Crippen molar-refractivity contribution in [2.24, 2.45) is 0 Å². The van der Waals surface area contributed by atoms with Crippen LogP contribution in [0.1, 0.15) is 5.69 Å². The quantitative estimate of drug-likeness (QED) is 0.786. The van der Waals surface area contributed by atoms with Gasteiger partial charge in [-0.3, -0.25) is 4.31 Å². The smallest absolute Gasteiger partial charge is 0.237 e. The monoisotopic (exact) mass is 312 g/mol. The molecular formula is C13H16N2O3S2. The van der Waals surface area contributed by atoms with Crippen LogP contribution in [0.2, 0.25) is 0 Å². The molecule has 0 spiro atoms. The standard InChI is InChI=1S/C13H16N2O3S2/c1-18-7-8-20(16,17)15(9-12-10-19-11-14-12)13-5-3-2-4-6-13/h2-6,10-11H,7-9H2,1H3. The largest absolute Gasteiger partial charge is 0.384 e. The van der Waals surface area contributed by atoms with Gasteiger partial charge in [0.25, 0.3) is 0 Å². The maximum Gasteiger partial charge on any atom is 0.237 e. The lowest BCUT2D eigenvalue weighted by Gasteiger charge is -2.23. The zero-order valence-corrected chi connectivity index (χ0v) is 12.7. The van der Waals surface area contributed by atoms with E-state index in [1.165, 1.54) is 22.8 Å². The van der Waals surface area contributed by atoms with Gasteiger partial charge in [-0.2, -0.15) is 0 Å². The molecule has 0 saturated carbocycles. The van der Waals surface area contributed by atoms with Gasteiger partial charge in [0.2, 0.25) is 10.0 Å². The fourth-order valence-electron chi connectivity index (χ4n) is 1.71. The first-order valence-corrected chi connectivity index (χ1v) is 8.60. The average Bonchev–Trinajstić information content (AvgIpc) is 2.96. The Morgan fingerprint density at radius 2 is 2.05 bits per heavy atom. The Hall–Kier alpha value is -1.44. The number of anilines is 1. The summed E-state index contributed by atoms with van der Waals surface area (Å²) in [4.78, 5) is 4.16. The maximum absolute atomic E-state index is 12.4. The van der Waals surface area contributed by atoms with Gasteiger partial charge < -0.3 is 4.74 Å². The topological polar surface area (TPSA) is 59.5 Å². The third-order valence-corrected chi connectivity index (χ3v) is 5.04. The van der Waals surface area contributed by atoms with Crippen molar-refractivity contribution in [3.63, 3.8) is 0 Å². The molecule has 0 aliphatic carbocycles. The number of nitrogens with zero attached hydrogens (tertiary/aromatic N) is 2. The molecule has 0 fully saturated rings. The summed E-state index contributed by atoms with van der Waals surface area (Å²) in [7, 11) is -1.95. The van der Waals surface area contributed by atoms with Crippen molar-refractivity contribution < 1.29 is 13.2 Å². The Morgan fingerprint density at radius 3 is 2.65 bits per heavy atom. The van der Waals surface area contributed by atoms with Crippen molar-refractivity contribution in [1.29, 1.82) is 0 Å². The predicted octanol–water partition coefficient (Wildman–Crippen LogP) is 2.13.